The molecule has 0 saturated carbocycles. The number of ether oxygens (including phenoxy) is 2. The Morgan fingerprint density at radius 1 is 1.04 bits per heavy atom. The van der Waals surface area contributed by atoms with Crippen LogP contribution in [0.25, 0.3) is 16.5 Å². The lowest BCUT2D eigenvalue weighted by Gasteiger charge is -2.23. The second kappa shape index (κ2) is 16.5. The van der Waals surface area contributed by atoms with Crippen molar-refractivity contribution >= 4 is 45.9 Å². The maximum Gasteiger partial charge on any atom is 0.355 e. The van der Waals surface area contributed by atoms with Crippen LogP contribution in [-0.4, -0.2) is 62.3 Å². The molecule has 46 heavy (non-hydrogen) atoms. The molecule has 4 rings (SSSR count). The highest BCUT2D eigenvalue weighted by Gasteiger charge is 2.24. The Morgan fingerprint density at radius 2 is 1.70 bits per heavy atom. The number of fused-ring (bicyclic) bond motifs is 1. The minimum absolute atomic E-state index is 0.0305. The number of benzene rings is 3. The number of carbonyl (C=O) groups is 2. The van der Waals surface area contributed by atoms with Crippen molar-refractivity contribution in [3.05, 3.63) is 87.3 Å². The van der Waals surface area contributed by atoms with Gasteiger partial charge in [-0.2, -0.15) is 13.5 Å². The molecule has 248 valence electrons. The largest absolute Gasteiger partial charge is 0.480 e. The first-order valence-electron chi connectivity index (χ1n) is 14.5. The van der Waals surface area contributed by atoms with Crippen LogP contribution in [0.4, 0.5) is 13.2 Å². The third-order valence-corrected chi connectivity index (χ3v) is 7.62. The van der Waals surface area contributed by atoms with Crippen molar-refractivity contribution in [1.29, 1.82) is 0 Å². The highest BCUT2D eigenvalue weighted by molar-refractivity contribution is 6.32. The number of amides is 1. The number of halogens is 5. The zero-order valence-corrected chi connectivity index (χ0v) is 27.5. The molecule has 1 aromatic heterocycles. The number of likely N-dealkylation sites (N-methyl/N-ethyl adjacent to an activating group) is 1. The van der Waals surface area contributed by atoms with Gasteiger partial charge in [-0.1, -0.05) is 48.0 Å². The van der Waals surface area contributed by atoms with Gasteiger partial charge in [0.25, 0.3) is 5.91 Å². The van der Waals surface area contributed by atoms with Crippen LogP contribution in [0.5, 0.6) is 5.75 Å². The smallest absolute Gasteiger partial charge is 0.355 e. The van der Waals surface area contributed by atoms with Gasteiger partial charge in [0.2, 0.25) is 0 Å². The number of hydrogen-bond donors (Lipinski definition) is 0. The number of esters is 1. The van der Waals surface area contributed by atoms with Gasteiger partial charge in [-0.25, -0.2) is 13.8 Å². The Morgan fingerprint density at radius 3 is 2.30 bits per heavy atom. The molecule has 1 heterocycles. The maximum atomic E-state index is 14.2. The standard InChI is InChI=1S/C17H21NO2.C15H14Cl2F3N3O3/c1-4-18(5-2)17(19)13(3)20-16-12-8-10-14-9-6-7-11-15(14)16;1-3-26-13(24)10(17)4-8-5-12(11(18)6-9(8)16)23-15(25)22(14(19)20)7(2)21-23/h6-13H,4-5H2,1-3H3;5-6,10,14H,3-4H2,1-2H3. The van der Waals surface area contributed by atoms with Crippen LogP contribution < -0.4 is 10.4 Å². The van der Waals surface area contributed by atoms with E-state index in [9.17, 15) is 27.6 Å². The summed E-state index contributed by atoms with van der Waals surface area (Å²) in [5.74, 6) is -1.13. The first-order valence-corrected chi connectivity index (χ1v) is 15.3. The topological polar surface area (TPSA) is 95.7 Å². The molecule has 0 saturated heterocycles. The summed E-state index contributed by atoms with van der Waals surface area (Å²) < 4.78 is 51.4. The van der Waals surface area contributed by atoms with Gasteiger partial charge in [0, 0.05) is 29.9 Å². The zero-order valence-electron chi connectivity index (χ0n) is 26.0. The summed E-state index contributed by atoms with van der Waals surface area (Å²) in [5, 5.41) is 4.67. The molecule has 0 spiro atoms. The highest BCUT2D eigenvalue weighted by Crippen LogP contribution is 2.27. The van der Waals surface area contributed by atoms with Crippen molar-refractivity contribution in [3.8, 4) is 11.4 Å². The molecule has 0 aliphatic carbocycles. The summed E-state index contributed by atoms with van der Waals surface area (Å²) in [6, 6.07) is 16.0. The van der Waals surface area contributed by atoms with Crippen molar-refractivity contribution in [2.45, 2.75) is 59.1 Å². The average Bonchev–Trinajstić information content (AvgIpc) is 3.32. The van der Waals surface area contributed by atoms with Gasteiger partial charge in [0.15, 0.2) is 11.9 Å². The van der Waals surface area contributed by atoms with Crippen LogP contribution in [0.15, 0.2) is 59.4 Å². The Balaban J connectivity index is 0.000000259. The average molecular weight is 684 g/mol. The second-order valence-corrected chi connectivity index (χ2v) is 10.9. The second-order valence-electron chi connectivity index (χ2n) is 9.96. The fourth-order valence-corrected chi connectivity index (χ4v) is 5.05. The minimum atomic E-state index is -3.12. The van der Waals surface area contributed by atoms with E-state index in [1.54, 1.807) is 11.8 Å². The van der Waals surface area contributed by atoms with Crippen molar-refractivity contribution < 1.29 is 32.2 Å². The highest BCUT2D eigenvalue weighted by atomic mass is 35.5. The van der Waals surface area contributed by atoms with Gasteiger partial charge in [0.1, 0.15) is 22.6 Å². The number of hydrogen-bond acceptors (Lipinski definition) is 6. The minimum Gasteiger partial charge on any atom is -0.480 e. The molecule has 0 aliphatic rings. The summed E-state index contributed by atoms with van der Waals surface area (Å²) in [4.78, 5) is 37.7. The van der Waals surface area contributed by atoms with Gasteiger partial charge in [-0.15, -0.1) is 16.7 Å². The van der Waals surface area contributed by atoms with E-state index in [-0.39, 0.29) is 45.6 Å². The summed E-state index contributed by atoms with van der Waals surface area (Å²) >= 11 is 11.9. The molecular weight excluding hydrogens is 648 g/mol. The SMILES string of the molecule is CCN(CC)C(=O)C(C)Oc1cccc2ccccc12.CCOC(=O)C(Cl)Cc1cc(-n2nc(C)n(C(F)F)c2=O)c(F)cc1Cl. The van der Waals surface area contributed by atoms with E-state index in [0.29, 0.717) is 17.8 Å². The third kappa shape index (κ3) is 8.61. The number of aromatic nitrogens is 3. The fraction of sp³-hybridized carbons (Fsp3) is 0.375. The van der Waals surface area contributed by atoms with Crippen molar-refractivity contribution in [2.75, 3.05) is 19.7 Å². The Kier molecular flexibility index (Phi) is 13.1. The predicted molar refractivity (Wildman–Crippen MR) is 171 cm³/mol. The normalized spacial score (nSPS) is 12.3. The van der Waals surface area contributed by atoms with Gasteiger partial charge < -0.3 is 14.4 Å². The molecule has 4 aromatic rings. The van der Waals surface area contributed by atoms with Crippen LogP contribution in [0, 0.1) is 12.7 Å². The number of alkyl halides is 3. The van der Waals surface area contributed by atoms with Crippen LogP contribution in [0.2, 0.25) is 5.02 Å². The zero-order chi connectivity index (χ0) is 34.1. The Hall–Kier alpha value is -4.03. The van der Waals surface area contributed by atoms with E-state index < -0.39 is 35.5 Å². The number of carbonyl (C=O) groups excluding carboxylic acids is 2. The predicted octanol–water partition coefficient (Wildman–Crippen LogP) is 6.72. The molecule has 0 bridgehead atoms. The van der Waals surface area contributed by atoms with Gasteiger partial charge in [-0.05, 0) is 63.8 Å². The molecule has 2 unspecified atom stereocenters. The van der Waals surface area contributed by atoms with Crippen molar-refractivity contribution in [2.24, 2.45) is 0 Å². The van der Waals surface area contributed by atoms with E-state index in [4.69, 9.17) is 32.7 Å². The van der Waals surface area contributed by atoms with Crippen LogP contribution >= 0.6 is 23.2 Å². The first-order chi connectivity index (χ1) is 21.8. The number of nitrogens with zero attached hydrogens (tertiary/aromatic N) is 4. The summed E-state index contributed by atoms with van der Waals surface area (Å²) in [6.07, 6.45) is -0.587. The van der Waals surface area contributed by atoms with E-state index in [0.717, 1.165) is 28.7 Å². The number of rotatable bonds is 11. The van der Waals surface area contributed by atoms with E-state index in [1.807, 2.05) is 63.2 Å². The lowest BCUT2D eigenvalue weighted by Crippen LogP contribution is -2.40. The molecule has 1 amide bonds. The molecule has 9 nitrogen and oxygen atoms in total. The molecule has 0 aliphatic heterocycles. The molecule has 0 N–H and O–H groups in total. The lowest BCUT2D eigenvalue weighted by atomic mass is 10.1. The fourth-order valence-electron chi connectivity index (χ4n) is 4.60. The molecule has 2 atom stereocenters. The van der Waals surface area contributed by atoms with E-state index in [2.05, 4.69) is 5.10 Å². The van der Waals surface area contributed by atoms with Gasteiger partial charge in [0.05, 0.1) is 6.61 Å². The third-order valence-electron chi connectivity index (χ3n) is 6.94. The summed E-state index contributed by atoms with van der Waals surface area (Å²) in [7, 11) is 0. The quantitative estimate of drug-likeness (QED) is 0.129. The van der Waals surface area contributed by atoms with Crippen LogP contribution in [0.1, 0.15) is 45.6 Å². The van der Waals surface area contributed by atoms with E-state index >= 15 is 0 Å². The number of aryl methyl sites for hydroxylation is 1. The Labute approximate surface area is 274 Å². The van der Waals surface area contributed by atoms with Crippen molar-refractivity contribution in [1.82, 2.24) is 19.2 Å². The van der Waals surface area contributed by atoms with E-state index in [1.165, 1.54) is 6.92 Å². The molecule has 0 radical (unpaired) electrons. The molecule has 0 fully saturated rings. The van der Waals surface area contributed by atoms with Crippen LogP contribution in [-0.2, 0) is 20.7 Å². The maximum absolute atomic E-state index is 14.2. The van der Waals surface area contributed by atoms with Gasteiger partial charge in [-0.3, -0.25) is 9.59 Å². The van der Waals surface area contributed by atoms with Crippen molar-refractivity contribution in [3.63, 3.8) is 0 Å². The summed E-state index contributed by atoms with van der Waals surface area (Å²) in [6.45, 7) is 6.98. The molecule has 3 aromatic carbocycles. The van der Waals surface area contributed by atoms with Crippen LogP contribution in [0.3, 0.4) is 0 Å². The summed E-state index contributed by atoms with van der Waals surface area (Å²) in [5.41, 5.74) is -1.37. The Bertz CT molecular complexity index is 1720. The monoisotopic (exact) mass is 682 g/mol. The first kappa shape index (κ1) is 36.4. The molecule has 14 heteroatoms. The lowest BCUT2D eigenvalue weighted by molar-refractivity contribution is -0.142. The van der Waals surface area contributed by atoms with Gasteiger partial charge >= 0.3 is 18.2 Å². The molecular formula is C32H35Cl2F3N4O5.